The summed E-state index contributed by atoms with van der Waals surface area (Å²) in [5.74, 6) is -0.716. The standard InChI is InChI=1S/C20H26ClF2N7O.C5H6.CH3Cl/c1-13-14(2)28-29-16(13)11-24-9-7-17-15(21)10-26-19(30(17)31-3)27-12-20(22,23)18-6-4-5-8-25-18;1-3-5-4-2;1-2/h4-6,8,10,17,24H,7,9,11-12H2,1-3H3,(H,26,27)(H,28,29);1,4-5H,2H3;1H3/b;5-4-;. The molecule has 3 heterocycles. The molecular formula is C26H35Cl2F2N7O. The fourth-order valence-electron chi connectivity index (χ4n) is 3.22. The minimum absolute atomic E-state index is 0.159. The number of pyridine rings is 1. The lowest BCUT2D eigenvalue weighted by molar-refractivity contribution is -0.0930. The molecule has 8 nitrogen and oxygen atoms in total. The molecule has 3 N–H and O–H groups in total. The minimum Gasteiger partial charge on any atom is -0.330 e. The van der Waals surface area contributed by atoms with Crippen LogP contribution in [0.3, 0.4) is 0 Å². The van der Waals surface area contributed by atoms with Gasteiger partial charge < -0.3 is 10.6 Å². The predicted octanol–water partition coefficient (Wildman–Crippen LogP) is 5.02. The van der Waals surface area contributed by atoms with Crippen molar-refractivity contribution in [3.05, 3.63) is 70.4 Å². The number of hydrogen-bond donors (Lipinski definition) is 3. The number of hydroxylamine groups is 2. The van der Waals surface area contributed by atoms with Crippen molar-refractivity contribution in [1.82, 2.24) is 30.9 Å². The lowest BCUT2D eigenvalue weighted by Crippen LogP contribution is -2.50. The van der Waals surface area contributed by atoms with Crippen LogP contribution in [0, 0.1) is 26.2 Å². The van der Waals surface area contributed by atoms with E-state index < -0.39 is 12.5 Å². The van der Waals surface area contributed by atoms with Crippen molar-refractivity contribution >= 4 is 29.2 Å². The summed E-state index contributed by atoms with van der Waals surface area (Å²) in [5, 5.41) is 15.3. The van der Waals surface area contributed by atoms with Gasteiger partial charge in [0.25, 0.3) is 0 Å². The summed E-state index contributed by atoms with van der Waals surface area (Å²) in [5.41, 5.74) is 2.77. The Morgan fingerprint density at radius 1 is 1.34 bits per heavy atom. The molecule has 1 atom stereocenters. The smallest absolute Gasteiger partial charge is 0.308 e. The van der Waals surface area contributed by atoms with Gasteiger partial charge in [0, 0.05) is 31.0 Å². The molecule has 2 aromatic heterocycles. The maximum Gasteiger partial charge on any atom is 0.308 e. The molecule has 0 spiro atoms. The molecule has 0 saturated carbocycles. The molecule has 0 fully saturated rings. The number of aromatic amines is 1. The number of halogens is 4. The molecule has 1 aliphatic rings. The van der Waals surface area contributed by atoms with Gasteiger partial charge in [-0.15, -0.1) is 18.0 Å². The fraction of sp³-hybridized carbons (Fsp3) is 0.423. The van der Waals surface area contributed by atoms with Gasteiger partial charge in [-0.2, -0.15) is 13.9 Å². The summed E-state index contributed by atoms with van der Waals surface area (Å²) in [4.78, 5) is 13.2. The zero-order valence-corrected chi connectivity index (χ0v) is 23.7. The number of nitrogens with zero attached hydrogens (tertiary/aromatic N) is 4. The highest BCUT2D eigenvalue weighted by molar-refractivity contribution is 6.30. The molecule has 38 heavy (non-hydrogen) atoms. The summed E-state index contributed by atoms with van der Waals surface area (Å²) >= 11 is 11.0. The van der Waals surface area contributed by atoms with Gasteiger partial charge in [0.15, 0.2) is 0 Å². The van der Waals surface area contributed by atoms with E-state index in [0.717, 1.165) is 17.0 Å². The van der Waals surface area contributed by atoms with Crippen molar-refractivity contribution in [1.29, 1.82) is 0 Å². The summed E-state index contributed by atoms with van der Waals surface area (Å²) < 4.78 is 28.9. The molecule has 3 rings (SSSR count). The maximum absolute atomic E-state index is 14.4. The monoisotopic (exact) mass is 569 g/mol. The highest BCUT2D eigenvalue weighted by atomic mass is 35.5. The van der Waals surface area contributed by atoms with Crippen molar-refractivity contribution in [2.45, 2.75) is 45.7 Å². The second-order valence-electron chi connectivity index (χ2n) is 7.81. The largest absolute Gasteiger partial charge is 0.330 e. The number of aromatic nitrogens is 3. The number of alkyl halides is 3. The minimum atomic E-state index is -3.21. The summed E-state index contributed by atoms with van der Waals surface area (Å²) in [7, 11) is 1.44. The van der Waals surface area contributed by atoms with Crippen LogP contribution in [0.25, 0.3) is 0 Å². The molecule has 0 saturated heterocycles. The number of guanidine groups is 1. The maximum atomic E-state index is 14.4. The number of allylic oxidation sites excluding steroid dienone is 2. The average Bonchev–Trinajstić information content (AvgIpc) is 3.25. The second-order valence-corrected chi connectivity index (χ2v) is 8.25. The van der Waals surface area contributed by atoms with E-state index in [-0.39, 0.29) is 17.7 Å². The summed E-state index contributed by atoms with van der Waals surface area (Å²) in [6, 6.07) is 4.00. The number of nitrogens with one attached hydrogen (secondary N) is 3. The van der Waals surface area contributed by atoms with E-state index in [1.165, 1.54) is 36.9 Å². The molecule has 12 heteroatoms. The van der Waals surface area contributed by atoms with Gasteiger partial charge in [0.2, 0.25) is 5.96 Å². The van der Waals surface area contributed by atoms with E-state index in [0.29, 0.717) is 24.5 Å². The SMILES string of the molecule is C#C/C=C\C.CCl.CON1C(=NCC(F)(F)c2ccccn2)NC=C(Cl)C1CCNCc1n[nH]c(C)c1C. The Balaban J connectivity index is 0.000000924. The number of aliphatic imine (C=N–C) groups is 1. The first-order chi connectivity index (χ1) is 18.2. The lowest BCUT2D eigenvalue weighted by Gasteiger charge is -2.35. The van der Waals surface area contributed by atoms with Gasteiger partial charge in [0.1, 0.15) is 12.2 Å². The molecule has 1 unspecified atom stereocenters. The van der Waals surface area contributed by atoms with E-state index >= 15 is 0 Å². The number of H-pyrrole nitrogens is 1. The van der Waals surface area contributed by atoms with Gasteiger partial charge in [-0.05, 0) is 57.5 Å². The predicted molar refractivity (Wildman–Crippen MR) is 150 cm³/mol. The molecule has 0 amide bonds. The van der Waals surface area contributed by atoms with E-state index in [4.69, 9.17) is 22.9 Å². The molecular weight excluding hydrogens is 535 g/mol. The zero-order valence-electron chi connectivity index (χ0n) is 22.2. The van der Waals surface area contributed by atoms with Crippen LogP contribution in [0.1, 0.15) is 36.0 Å². The lowest BCUT2D eigenvalue weighted by atomic mass is 10.1. The Labute approximate surface area is 233 Å². The average molecular weight is 571 g/mol. The Kier molecular flexibility index (Phi) is 15.2. The van der Waals surface area contributed by atoms with Crippen molar-refractivity contribution < 1.29 is 13.6 Å². The zero-order chi connectivity index (χ0) is 28.6. The van der Waals surface area contributed by atoms with E-state index in [9.17, 15) is 8.78 Å². The Morgan fingerprint density at radius 3 is 2.61 bits per heavy atom. The molecule has 2 aromatic rings. The highest BCUT2D eigenvalue weighted by Crippen LogP contribution is 2.27. The van der Waals surface area contributed by atoms with Crippen LogP contribution in [0.2, 0.25) is 0 Å². The van der Waals surface area contributed by atoms with Crippen molar-refractivity contribution in [3.8, 4) is 12.3 Å². The first-order valence-corrected chi connectivity index (χ1v) is 12.8. The first kappa shape index (κ1) is 33.1. The topological polar surface area (TPSA) is 90.5 Å². The van der Waals surface area contributed by atoms with Gasteiger partial charge in [-0.25, -0.2) is 10.1 Å². The van der Waals surface area contributed by atoms with Crippen molar-refractivity contribution in [3.63, 3.8) is 0 Å². The molecule has 0 radical (unpaired) electrons. The van der Waals surface area contributed by atoms with Crippen LogP contribution >= 0.6 is 23.2 Å². The van der Waals surface area contributed by atoms with Crippen LogP contribution in [0.15, 0.2) is 52.8 Å². The third-order valence-electron chi connectivity index (χ3n) is 5.32. The van der Waals surface area contributed by atoms with Gasteiger partial charge >= 0.3 is 5.92 Å². The van der Waals surface area contributed by atoms with Crippen molar-refractivity contribution in [2.24, 2.45) is 4.99 Å². The van der Waals surface area contributed by atoms with Gasteiger partial charge in [-0.3, -0.25) is 14.9 Å². The molecule has 1 aliphatic heterocycles. The molecule has 0 aromatic carbocycles. The quantitative estimate of drug-likeness (QED) is 0.223. The van der Waals surface area contributed by atoms with Crippen LogP contribution < -0.4 is 10.6 Å². The molecule has 0 aliphatic carbocycles. The normalized spacial score (nSPS) is 16.1. The number of rotatable bonds is 9. The molecule has 0 bridgehead atoms. The fourth-order valence-corrected chi connectivity index (χ4v) is 3.47. The third-order valence-corrected chi connectivity index (χ3v) is 5.68. The number of aryl methyl sites for hydroxylation is 1. The second kappa shape index (κ2) is 17.5. The highest BCUT2D eigenvalue weighted by Gasteiger charge is 2.35. The number of terminal acetylenes is 1. The van der Waals surface area contributed by atoms with Crippen LogP contribution in [0.5, 0.6) is 0 Å². The van der Waals surface area contributed by atoms with Gasteiger partial charge in [-0.1, -0.05) is 29.7 Å². The Hall–Kier alpha value is -2.97. The third kappa shape index (κ3) is 10.1. The van der Waals surface area contributed by atoms with Crippen LogP contribution in [0.4, 0.5) is 8.78 Å². The van der Waals surface area contributed by atoms with E-state index in [2.05, 4.69) is 48.3 Å². The van der Waals surface area contributed by atoms with E-state index in [1.807, 2.05) is 26.8 Å². The Morgan fingerprint density at radius 2 is 2.08 bits per heavy atom. The summed E-state index contributed by atoms with van der Waals surface area (Å²) in [6.45, 7) is 6.31. The molecule has 208 valence electrons. The van der Waals surface area contributed by atoms with Crippen LogP contribution in [-0.2, 0) is 17.3 Å². The van der Waals surface area contributed by atoms with Crippen LogP contribution in [-0.4, -0.2) is 58.8 Å². The van der Waals surface area contributed by atoms with E-state index in [1.54, 1.807) is 18.3 Å². The number of hydrogen-bond acceptors (Lipinski definition) is 5. The van der Waals surface area contributed by atoms with Gasteiger partial charge in [0.05, 0.1) is 23.9 Å². The van der Waals surface area contributed by atoms with Crippen molar-refractivity contribution in [2.75, 3.05) is 26.6 Å². The first-order valence-electron chi connectivity index (χ1n) is 11.7. The summed E-state index contributed by atoms with van der Waals surface area (Å²) in [6.07, 6.45) is 13.2. The Bertz CT molecular complexity index is 1100.